The summed E-state index contributed by atoms with van der Waals surface area (Å²) in [6.07, 6.45) is 0. The van der Waals surface area contributed by atoms with E-state index in [4.69, 9.17) is 4.98 Å². The van der Waals surface area contributed by atoms with Crippen molar-refractivity contribution in [2.75, 3.05) is 11.4 Å². The molecular weight excluding hydrogens is 639 g/mol. The van der Waals surface area contributed by atoms with Crippen LogP contribution in [0.4, 0.5) is 11.4 Å². The first kappa shape index (κ1) is 28.6. The molecule has 0 saturated heterocycles. The number of imidazole rings is 1. The maximum absolute atomic E-state index is 5.24. The molecule has 0 saturated carbocycles. The Balaban J connectivity index is 1.23. The van der Waals surface area contributed by atoms with E-state index in [-0.39, 0.29) is 0 Å². The Hall–Kier alpha value is -6.23. The van der Waals surface area contributed by atoms with E-state index in [1.165, 1.54) is 75.3 Å². The molecule has 1 aliphatic heterocycles. The van der Waals surface area contributed by atoms with Crippen LogP contribution in [0.1, 0.15) is 6.92 Å². The Morgan fingerprint density at radius 2 is 1.14 bits per heavy atom. The highest BCUT2D eigenvalue weighted by atomic mass is 32.1. The number of aromatic nitrogens is 2. The Bertz CT molecular complexity index is 2970. The molecule has 0 bridgehead atoms. The highest BCUT2D eigenvalue weighted by Crippen LogP contribution is 2.52. The fraction of sp³-hybridized carbons (Fsp3) is 0.0426. The molecule has 0 aliphatic carbocycles. The number of nitrogens with zero attached hydrogens (tertiary/aromatic N) is 3. The summed E-state index contributed by atoms with van der Waals surface area (Å²) in [6.45, 7) is 3.09. The number of anilines is 2. The first-order valence-corrected chi connectivity index (χ1v) is 18.4. The van der Waals surface area contributed by atoms with Gasteiger partial charge in [-0.1, -0.05) is 127 Å². The molecule has 0 fully saturated rings. The smallest absolute Gasteiger partial charge is 0.145 e. The molecule has 51 heavy (non-hydrogen) atoms. The number of rotatable bonds is 4. The minimum atomic E-state index is 0.831. The minimum absolute atomic E-state index is 0.831. The normalized spacial score (nSPS) is 12.5. The van der Waals surface area contributed by atoms with Gasteiger partial charge in [-0.2, -0.15) is 0 Å². The number of benzene rings is 8. The summed E-state index contributed by atoms with van der Waals surface area (Å²) in [5.41, 5.74) is 11.9. The van der Waals surface area contributed by atoms with Crippen molar-refractivity contribution in [3.8, 4) is 39.3 Å². The van der Waals surface area contributed by atoms with Gasteiger partial charge in [0.05, 0.1) is 28.1 Å². The van der Waals surface area contributed by atoms with E-state index in [1.807, 2.05) is 11.3 Å². The summed E-state index contributed by atoms with van der Waals surface area (Å²) in [4.78, 5) is 7.74. The molecule has 0 amide bonds. The number of hydrogen-bond acceptors (Lipinski definition) is 3. The van der Waals surface area contributed by atoms with Crippen molar-refractivity contribution in [3.63, 3.8) is 0 Å². The summed E-state index contributed by atoms with van der Waals surface area (Å²) in [5.74, 6) is 0.967. The van der Waals surface area contributed by atoms with Crippen LogP contribution in [0.15, 0.2) is 158 Å². The van der Waals surface area contributed by atoms with Crippen molar-refractivity contribution in [3.05, 3.63) is 158 Å². The van der Waals surface area contributed by atoms with Gasteiger partial charge in [-0.25, -0.2) is 4.98 Å². The largest absolute Gasteiger partial charge is 0.338 e. The van der Waals surface area contributed by atoms with Gasteiger partial charge in [0.1, 0.15) is 5.82 Å². The number of fused-ring (bicyclic) bond motifs is 7. The van der Waals surface area contributed by atoms with Gasteiger partial charge in [0.25, 0.3) is 0 Å². The molecule has 10 aromatic rings. The zero-order chi connectivity index (χ0) is 33.6. The van der Waals surface area contributed by atoms with Gasteiger partial charge in [-0.05, 0) is 75.5 Å². The Labute approximate surface area is 299 Å². The summed E-state index contributed by atoms with van der Waals surface area (Å²) < 4.78 is 5.04. The van der Waals surface area contributed by atoms with Crippen LogP contribution in [0.25, 0.3) is 92.1 Å². The molecular formula is C47H31N3S. The van der Waals surface area contributed by atoms with Crippen molar-refractivity contribution in [2.45, 2.75) is 6.92 Å². The van der Waals surface area contributed by atoms with Crippen LogP contribution in [0, 0.1) is 0 Å². The molecule has 11 rings (SSSR count). The lowest BCUT2D eigenvalue weighted by atomic mass is 9.85. The Morgan fingerprint density at radius 1 is 0.510 bits per heavy atom. The first-order valence-electron chi connectivity index (χ1n) is 17.6. The fourth-order valence-corrected chi connectivity index (χ4v) is 9.74. The average molecular weight is 670 g/mol. The number of thiophene rings is 1. The highest BCUT2D eigenvalue weighted by molar-refractivity contribution is 7.25. The standard InChI is InChI=1S/C47H31N3S/c1-2-49-39-23-13-22-38-46(39)50(47(48-38)29-14-4-3-5-15-29)40-24-12-21-37(45(40)49)44-35-19-8-6-17-33(35)43(34-18-7-9-20-36(34)44)30-26-27-32-31-16-10-11-25-41(31)51-42(32)28-30/h3-28H,2H2,1H3. The van der Waals surface area contributed by atoms with Crippen molar-refractivity contribution < 1.29 is 0 Å². The molecule has 0 spiro atoms. The predicted molar refractivity (Wildman–Crippen MR) is 218 cm³/mol. The van der Waals surface area contributed by atoms with Gasteiger partial charge in [0, 0.05) is 37.8 Å². The molecule has 0 unspecified atom stereocenters. The predicted octanol–water partition coefficient (Wildman–Crippen LogP) is 13.2. The summed E-state index contributed by atoms with van der Waals surface area (Å²) in [7, 11) is 0. The van der Waals surface area contributed by atoms with Gasteiger partial charge in [-0.3, -0.25) is 4.57 Å². The fourth-order valence-electron chi connectivity index (χ4n) is 8.60. The maximum Gasteiger partial charge on any atom is 0.145 e. The number of hydrogen-bond donors (Lipinski definition) is 0. The van der Waals surface area contributed by atoms with Gasteiger partial charge < -0.3 is 4.90 Å². The lowest BCUT2D eigenvalue weighted by molar-refractivity contribution is 0.975. The Kier molecular flexibility index (Phi) is 6.10. The van der Waals surface area contributed by atoms with Crippen LogP contribution in [0.5, 0.6) is 0 Å². The summed E-state index contributed by atoms with van der Waals surface area (Å²) in [6, 6.07) is 57.7. The molecule has 8 aromatic carbocycles. The third-order valence-electron chi connectivity index (χ3n) is 10.7. The van der Waals surface area contributed by atoms with E-state index in [0.29, 0.717) is 0 Å². The van der Waals surface area contributed by atoms with E-state index >= 15 is 0 Å². The van der Waals surface area contributed by atoms with Gasteiger partial charge >= 0.3 is 0 Å². The van der Waals surface area contributed by atoms with E-state index in [0.717, 1.165) is 34.7 Å². The molecule has 0 N–H and O–H groups in total. The van der Waals surface area contributed by atoms with Crippen LogP contribution in [0.2, 0.25) is 0 Å². The molecule has 0 radical (unpaired) electrons. The van der Waals surface area contributed by atoms with Crippen LogP contribution < -0.4 is 4.90 Å². The summed E-state index contributed by atoms with van der Waals surface area (Å²) >= 11 is 1.88. The molecule has 1 aliphatic rings. The van der Waals surface area contributed by atoms with Crippen molar-refractivity contribution in [2.24, 2.45) is 0 Å². The zero-order valence-corrected chi connectivity index (χ0v) is 28.8. The third-order valence-corrected chi connectivity index (χ3v) is 11.8. The minimum Gasteiger partial charge on any atom is -0.338 e. The van der Waals surface area contributed by atoms with Crippen molar-refractivity contribution >= 4 is 75.5 Å². The average Bonchev–Trinajstić information content (AvgIpc) is 3.77. The highest BCUT2D eigenvalue weighted by Gasteiger charge is 2.31. The quantitative estimate of drug-likeness (QED) is 0.174. The molecule has 2 aromatic heterocycles. The monoisotopic (exact) mass is 669 g/mol. The van der Waals surface area contributed by atoms with Crippen molar-refractivity contribution in [1.82, 2.24) is 9.55 Å². The second-order valence-electron chi connectivity index (χ2n) is 13.3. The van der Waals surface area contributed by atoms with Gasteiger partial charge in [0.15, 0.2) is 0 Å². The van der Waals surface area contributed by atoms with Crippen molar-refractivity contribution in [1.29, 1.82) is 0 Å². The van der Waals surface area contributed by atoms with E-state index in [2.05, 4.69) is 174 Å². The molecule has 4 heteroatoms. The second kappa shape index (κ2) is 10.9. The lowest BCUT2D eigenvalue weighted by Gasteiger charge is -2.34. The van der Waals surface area contributed by atoms with Crippen LogP contribution in [0.3, 0.4) is 0 Å². The van der Waals surface area contributed by atoms with E-state index in [9.17, 15) is 0 Å². The molecule has 3 nitrogen and oxygen atoms in total. The van der Waals surface area contributed by atoms with Crippen LogP contribution in [-0.2, 0) is 0 Å². The SMILES string of the molecule is CCN1c2c(-c3c4ccccc4c(-c4ccc5c(c4)sc4ccccc45)c4ccccc34)cccc2-n2c(-c3ccccc3)nc3cccc1c32. The van der Waals surface area contributed by atoms with Crippen LogP contribution in [-0.4, -0.2) is 16.1 Å². The Morgan fingerprint density at radius 3 is 1.88 bits per heavy atom. The van der Waals surface area contributed by atoms with E-state index in [1.54, 1.807) is 0 Å². The van der Waals surface area contributed by atoms with Gasteiger partial charge in [-0.15, -0.1) is 11.3 Å². The van der Waals surface area contributed by atoms with Crippen LogP contribution >= 0.6 is 11.3 Å². The topological polar surface area (TPSA) is 21.1 Å². The van der Waals surface area contributed by atoms with E-state index < -0.39 is 0 Å². The molecule has 0 atom stereocenters. The van der Waals surface area contributed by atoms with Gasteiger partial charge in [0.2, 0.25) is 0 Å². The molecule has 3 heterocycles. The maximum atomic E-state index is 5.24. The number of para-hydroxylation sites is 2. The third kappa shape index (κ3) is 4.02. The first-order chi connectivity index (χ1) is 25.3. The zero-order valence-electron chi connectivity index (χ0n) is 28.0. The molecule has 240 valence electrons. The summed E-state index contributed by atoms with van der Waals surface area (Å²) in [5, 5.41) is 7.69. The lowest BCUT2D eigenvalue weighted by Crippen LogP contribution is -2.23. The second-order valence-corrected chi connectivity index (χ2v) is 14.4.